The van der Waals surface area contributed by atoms with Crippen molar-refractivity contribution in [3.05, 3.63) is 64.2 Å². The van der Waals surface area contributed by atoms with Gasteiger partial charge in [0.05, 0.1) is 17.7 Å². The van der Waals surface area contributed by atoms with Gasteiger partial charge in [0.15, 0.2) is 0 Å². The topological polar surface area (TPSA) is 72.5 Å². The van der Waals surface area contributed by atoms with Crippen molar-refractivity contribution < 1.29 is 17.9 Å². The van der Waals surface area contributed by atoms with E-state index in [-0.39, 0.29) is 22.0 Å². The van der Waals surface area contributed by atoms with Gasteiger partial charge in [-0.15, -0.1) is 0 Å². The molecule has 2 aromatic rings. The summed E-state index contributed by atoms with van der Waals surface area (Å²) in [6, 6.07) is 11.8. The molecule has 0 bridgehead atoms. The summed E-state index contributed by atoms with van der Waals surface area (Å²) in [5.41, 5.74) is 2.29. The molecule has 24 heavy (non-hydrogen) atoms. The minimum Gasteiger partial charge on any atom is -0.465 e. The van der Waals surface area contributed by atoms with Crippen LogP contribution in [0.1, 0.15) is 21.5 Å². The molecule has 0 saturated carbocycles. The quantitative estimate of drug-likeness (QED) is 0.797. The van der Waals surface area contributed by atoms with Crippen LogP contribution >= 0.6 is 11.6 Å². The van der Waals surface area contributed by atoms with E-state index in [4.69, 9.17) is 11.6 Å². The van der Waals surface area contributed by atoms with E-state index in [0.717, 1.165) is 11.1 Å². The lowest BCUT2D eigenvalue weighted by molar-refractivity contribution is 0.0600. The molecule has 2 aromatic carbocycles. The number of carbonyl (C=O) groups excluding carboxylic acids is 1. The normalized spacial score (nSPS) is 11.3. The highest BCUT2D eigenvalue weighted by Crippen LogP contribution is 2.23. The minimum atomic E-state index is -3.83. The Balaban J connectivity index is 2.15. The van der Waals surface area contributed by atoms with Gasteiger partial charge in [0.25, 0.3) is 0 Å². The molecular formula is C17H18ClNO4S. The summed E-state index contributed by atoms with van der Waals surface area (Å²) in [5, 5.41) is 0.0473. The van der Waals surface area contributed by atoms with Crippen molar-refractivity contribution in [2.75, 3.05) is 13.7 Å². The molecule has 2 rings (SSSR count). The van der Waals surface area contributed by atoms with Crippen LogP contribution < -0.4 is 4.72 Å². The van der Waals surface area contributed by atoms with Crippen LogP contribution in [0.15, 0.2) is 47.4 Å². The van der Waals surface area contributed by atoms with E-state index in [9.17, 15) is 13.2 Å². The van der Waals surface area contributed by atoms with Crippen LogP contribution in [0.25, 0.3) is 0 Å². The van der Waals surface area contributed by atoms with Crippen molar-refractivity contribution >= 4 is 27.6 Å². The molecule has 0 fully saturated rings. The lowest BCUT2D eigenvalue weighted by Gasteiger charge is -2.10. The van der Waals surface area contributed by atoms with Gasteiger partial charge in [0, 0.05) is 6.54 Å². The highest BCUT2D eigenvalue weighted by Gasteiger charge is 2.20. The molecule has 0 aliphatic carbocycles. The maximum absolute atomic E-state index is 12.4. The summed E-state index contributed by atoms with van der Waals surface area (Å²) in [6.07, 6.45) is 0.556. The number of ether oxygens (including phenoxy) is 1. The Morgan fingerprint density at radius 1 is 1.21 bits per heavy atom. The van der Waals surface area contributed by atoms with Crippen molar-refractivity contribution in [3.63, 3.8) is 0 Å². The van der Waals surface area contributed by atoms with E-state index >= 15 is 0 Å². The van der Waals surface area contributed by atoms with Crippen molar-refractivity contribution in [1.29, 1.82) is 0 Å². The molecule has 0 radical (unpaired) electrons. The number of rotatable bonds is 6. The molecule has 0 aromatic heterocycles. The highest BCUT2D eigenvalue weighted by molar-refractivity contribution is 7.89. The third-order valence-electron chi connectivity index (χ3n) is 3.59. The summed E-state index contributed by atoms with van der Waals surface area (Å²) < 4.78 is 32.0. The van der Waals surface area contributed by atoms with Crippen LogP contribution in [0.5, 0.6) is 0 Å². The number of nitrogens with one attached hydrogen (secondary N) is 1. The smallest absolute Gasteiger partial charge is 0.337 e. The van der Waals surface area contributed by atoms with Crippen molar-refractivity contribution in [2.24, 2.45) is 0 Å². The number of aryl methyl sites for hydroxylation is 1. The van der Waals surface area contributed by atoms with Gasteiger partial charge >= 0.3 is 5.97 Å². The van der Waals surface area contributed by atoms with E-state index in [1.165, 1.54) is 25.3 Å². The molecule has 1 N–H and O–H groups in total. The first-order valence-corrected chi connectivity index (χ1v) is 9.13. The van der Waals surface area contributed by atoms with Crippen LogP contribution in [-0.4, -0.2) is 28.0 Å². The fourth-order valence-electron chi connectivity index (χ4n) is 2.24. The van der Waals surface area contributed by atoms with Gasteiger partial charge in [0.1, 0.15) is 4.90 Å². The van der Waals surface area contributed by atoms with E-state index in [2.05, 4.69) is 9.46 Å². The van der Waals surface area contributed by atoms with Gasteiger partial charge in [0.2, 0.25) is 10.0 Å². The third kappa shape index (κ3) is 4.35. The summed E-state index contributed by atoms with van der Waals surface area (Å²) in [4.78, 5) is 11.4. The second-order valence-corrected chi connectivity index (χ2v) is 7.35. The number of methoxy groups -OCH3 is 1. The molecule has 0 spiro atoms. The van der Waals surface area contributed by atoms with Gasteiger partial charge in [-0.3, -0.25) is 0 Å². The standard InChI is InChI=1S/C17H18ClNO4S/c1-12-5-3-4-6-13(12)9-10-19-24(21,22)16-11-14(17(20)23-2)7-8-15(16)18/h3-8,11,19H,9-10H2,1-2H3. The summed E-state index contributed by atoms with van der Waals surface area (Å²) in [6.45, 7) is 2.20. The number of carbonyl (C=O) groups is 1. The number of sulfonamides is 1. The van der Waals surface area contributed by atoms with E-state index in [1.54, 1.807) is 0 Å². The summed E-state index contributed by atoms with van der Waals surface area (Å²) in [5.74, 6) is -0.622. The second-order valence-electron chi connectivity index (χ2n) is 5.21. The maximum atomic E-state index is 12.4. The highest BCUT2D eigenvalue weighted by atomic mass is 35.5. The predicted octanol–water partition coefficient (Wildman–Crippen LogP) is 2.96. The first kappa shape index (κ1) is 18.4. The van der Waals surface area contributed by atoms with Crippen molar-refractivity contribution in [1.82, 2.24) is 4.72 Å². The van der Waals surface area contributed by atoms with Gasteiger partial charge in [-0.1, -0.05) is 35.9 Å². The Hall–Kier alpha value is -1.89. The van der Waals surface area contributed by atoms with E-state index in [0.29, 0.717) is 6.42 Å². The zero-order chi connectivity index (χ0) is 17.7. The Morgan fingerprint density at radius 2 is 1.92 bits per heavy atom. The summed E-state index contributed by atoms with van der Waals surface area (Å²) in [7, 11) is -2.60. The van der Waals surface area contributed by atoms with Gasteiger partial charge < -0.3 is 4.74 Å². The average Bonchev–Trinajstić information content (AvgIpc) is 2.56. The maximum Gasteiger partial charge on any atom is 0.337 e. The second kappa shape index (κ2) is 7.79. The zero-order valence-electron chi connectivity index (χ0n) is 13.4. The summed E-state index contributed by atoms with van der Waals surface area (Å²) >= 11 is 5.98. The van der Waals surface area contributed by atoms with Crippen LogP contribution in [0, 0.1) is 6.92 Å². The number of benzene rings is 2. The predicted molar refractivity (Wildman–Crippen MR) is 92.9 cm³/mol. The van der Waals surface area contributed by atoms with E-state index < -0.39 is 16.0 Å². The fraction of sp³-hybridized carbons (Fsp3) is 0.235. The number of halogens is 1. The van der Waals surface area contributed by atoms with Gasteiger partial charge in [-0.25, -0.2) is 17.9 Å². The lowest BCUT2D eigenvalue weighted by Crippen LogP contribution is -2.26. The molecule has 0 heterocycles. The van der Waals surface area contributed by atoms with Crippen LogP contribution in [0.2, 0.25) is 5.02 Å². The Bertz CT molecular complexity index is 849. The lowest BCUT2D eigenvalue weighted by atomic mass is 10.1. The first-order chi connectivity index (χ1) is 11.3. The molecule has 0 saturated heterocycles. The minimum absolute atomic E-state index is 0.0473. The largest absolute Gasteiger partial charge is 0.465 e. The number of hydrogen-bond acceptors (Lipinski definition) is 4. The Kier molecular flexibility index (Phi) is 5.99. The molecule has 128 valence electrons. The molecule has 7 heteroatoms. The van der Waals surface area contributed by atoms with Crippen LogP contribution in [-0.2, 0) is 21.2 Å². The molecule has 0 unspecified atom stereocenters. The van der Waals surface area contributed by atoms with Crippen molar-refractivity contribution in [3.8, 4) is 0 Å². The number of esters is 1. The monoisotopic (exact) mass is 367 g/mol. The molecule has 0 atom stereocenters. The Morgan fingerprint density at radius 3 is 2.58 bits per heavy atom. The zero-order valence-corrected chi connectivity index (χ0v) is 14.9. The molecule has 0 amide bonds. The molecule has 0 aliphatic rings. The van der Waals surface area contributed by atoms with Gasteiger partial charge in [-0.2, -0.15) is 0 Å². The molecular weight excluding hydrogens is 350 g/mol. The third-order valence-corrected chi connectivity index (χ3v) is 5.53. The Labute approximate surface area is 146 Å². The SMILES string of the molecule is COC(=O)c1ccc(Cl)c(S(=O)(=O)NCCc2ccccc2C)c1. The van der Waals surface area contributed by atoms with E-state index in [1.807, 2.05) is 31.2 Å². The fourth-order valence-corrected chi connectivity index (χ4v) is 3.80. The first-order valence-electron chi connectivity index (χ1n) is 7.27. The van der Waals surface area contributed by atoms with Crippen LogP contribution in [0.4, 0.5) is 0 Å². The van der Waals surface area contributed by atoms with Crippen molar-refractivity contribution in [2.45, 2.75) is 18.2 Å². The number of hydrogen-bond donors (Lipinski definition) is 1. The van der Waals surface area contributed by atoms with Crippen LogP contribution in [0.3, 0.4) is 0 Å². The van der Waals surface area contributed by atoms with Gasteiger partial charge in [-0.05, 0) is 42.7 Å². The molecule has 5 nitrogen and oxygen atoms in total. The average molecular weight is 368 g/mol. The molecule has 0 aliphatic heterocycles.